The molecule has 5 aromatic rings. The molecular formula is C35H19Br2Cl5O8. The van der Waals surface area contributed by atoms with Crippen molar-refractivity contribution < 1.29 is 38.3 Å². The van der Waals surface area contributed by atoms with Gasteiger partial charge < -0.3 is 24.1 Å². The van der Waals surface area contributed by atoms with Crippen molar-refractivity contribution in [3.05, 3.63) is 141 Å². The van der Waals surface area contributed by atoms with Crippen molar-refractivity contribution in [1.29, 1.82) is 0 Å². The summed E-state index contributed by atoms with van der Waals surface area (Å²) >= 11 is 36.6. The molecule has 0 saturated carbocycles. The summed E-state index contributed by atoms with van der Waals surface area (Å²) in [7, 11) is 0. The number of ether oxygens (including phenoxy) is 6. The van der Waals surface area contributed by atoms with E-state index in [1.54, 1.807) is 48.5 Å². The van der Waals surface area contributed by atoms with Crippen LogP contribution in [0.3, 0.4) is 0 Å². The van der Waals surface area contributed by atoms with Crippen LogP contribution >= 0.6 is 89.9 Å². The van der Waals surface area contributed by atoms with Crippen LogP contribution in [0.15, 0.2) is 87.8 Å². The number of benzene rings is 5. The second-order valence-corrected chi connectivity index (χ2v) is 14.8. The number of rotatable bonds is 1. The standard InChI is InChI=1S/C14H6Br2Cl2O3.C14H8Cl2O3.C7H5ClO2/c15-9-3-5(17)1-7-11(9)19-14-8-2-6(18)4-10(16)12(8)20-13(7)21-14;15-7-1-3-11-9(5-7)13-18-12-4-2-8(16)6-10(12)14(17-11)19-13;8-6-1-2-7(10)5(3-6)4-9/h1-4,13-14H;1-6,13-14H;1-4,10H. The number of carbonyl (C=O) groups excluding carboxylic acids is 1. The van der Waals surface area contributed by atoms with Gasteiger partial charge in [-0.1, -0.05) is 58.0 Å². The van der Waals surface area contributed by atoms with E-state index >= 15 is 0 Å². The average Bonchev–Trinajstić information content (AvgIpc) is 3.08. The van der Waals surface area contributed by atoms with E-state index in [-0.39, 0.29) is 11.3 Å². The summed E-state index contributed by atoms with van der Waals surface area (Å²) in [6.45, 7) is 0. The number of aldehydes is 1. The average molecular weight is 905 g/mol. The quantitative estimate of drug-likeness (QED) is 0.166. The minimum atomic E-state index is -0.571. The number of halogens is 7. The van der Waals surface area contributed by atoms with Crippen LogP contribution in [0.4, 0.5) is 0 Å². The van der Waals surface area contributed by atoms with Crippen LogP contribution in [0.1, 0.15) is 57.8 Å². The number of carbonyl (C=O) groups is 1. The lowest BCUT2D eigenvalue weighted by atomic mass is 10.1. The Kier molecular flexibility index (Phi) is 10.4. The zero-order valence-electron chi connectivity index (χ0n) is 24.8. The maximum atomic E-state index is 10.2. The Labute approximate surface area is 326 Å². The van der Waals surface area contributed by atoms with Crippen LogP contribution in [-0.2, 0) is 9.47 Å². The molecule has 5 aromatic carbocycles. The van der Waals surface area contributed by atoms with Gasteiger partial charge in [-0.3, -0.25) is 14.3 Å². The third-order valence-corrected chi connectivity index (χ3v) is 9.88. The van der Waals surface area contributed by atoms with Crippen molar-refractivity contribution in [1.82, 2.24) is 0 Å². The van der Waals surface area contributed by atoms with Gasteiger partial charge in [-0.2, -0.15) is 0 Å². The minimum absolute atomic E-state index is 0.0422. The van der Waals surface area contributed by atoms with E-state index in [9.17, 15) is 4.79 Å². The highest BCUT2D eigenvalue weighted by Crippen LogP contribution is 2.53. The first-order valence-electron chi connectivity index (χ1n) is 14.5. The molecule has 4 heterocycles. The van der Waals surface area contributed by atoms with Crippen molar-refractivity contribution in [2.45, 2.75) is 25.2 Å². The van der Waals surface area contributed by atoms with Crippen LogP contribution in [0.5, 0.6) is 28.7 Å². The molecule has 256 valence electrons. The molecule has 15 heteroatoms. The highest BCUT2D eigenvalue weighted by Gasteiger charge is 2.40. The maximum Gasteiger partial charge on any atom is 0.234 e. The third kappa shape index (κ3) is 7.24. The van der Waals surface area contributed by atoms with Gasteiger partial charge in [0.15, 0.2) is 6.29 Å². The summed E-state index contributed by atoms with van der Waals surface area (Å²) in [5.41, 5.74) is 3.30. The van der Waals surface area contributed by atoms with E-state index in [0.29, 0.717) is 42.9 Å². The van der Waals surface area contributed by atoms with Crippen LogP contribution in [-0.4, -0.2) is 11.4 Å². The van der Waals surface area contributed by atoms with E-state index in [0.717, 1.165) is 42.7 Å². The minimum Gasteiger partial charge on any atom is -0.507 e. The Balaban J connectivity index is 0.000000125. The Hall–Kier alpha value is -2.90. The predicted molar refractivity (Wildman–Crippen MR) is 195 cm³/mol. The van der Waals surface area contributed by atoms with Gasteiger partial charge in [-0.15, -0.1) is 0 Å². The largest absolute Gasteiger partial charge is 0.507 e. The molecule has 0 fully saturated rings. The van der Waals surface area contributed by atoms with E-state index in [1.807, 2.05) is 12.1 Å². The number of hydrogen-bond donors (Lipinski definition) is 1. The van der Waals surface area contributed by atoms with Gasteiger partial charge in [0.25, 0.3) is 0 Å². The fourth-order valence-electron chi connectivity index (χ4n) is 5.33. The summed E-state index contributed by atoms with van der Waals surface area (Å²) < 4.78 is 36.6. The molecule has 4 atom stereocenters. The normalized spacial score (nSPS) is 19.7. The number of aromatic hydroxyl groups is 1. The predicted octanol–water partition coefficient (Wildman–Crippen LogP) is 12.4. The monoisotopic (exact) mass is 900 g/mol. The van der Waals surface area contributed by atoms with Crippen molar-refractivity contribution in [3.63, 3.8) is 0 Å². The Morgan fingerprint density at radius 2 is 0.920 bits per heavy atom. The molecule has 4 unspecified atom stereocenters. The molecule has 4 bridgehead atoms. The van der Waals surface area contributed by atoms with Crippen LogP contribution in [0, 0.1) is 0 Å². The number of phenolic OH excluding ortho intramolecular Hbond substituents is 1. The zero-order chi connectivity index (χ0) is 35.3. The second kappa shape index (κ2) is 14.6. The van der Waals surface area contributed by atoms with Crippen molar-refractivity contribution in [2.75, 3.05) is 0 Å². The number of hydrogen-bond acceptors (Lipinski definition) is 8. The summed E-state index contributed by atoms with van der Waals surface area (Å²) in [5, 5.41) is 11.8. The van der Waals surface area contributed by atoms with Gasteiger partial charge in [0, 0.05) is 25.1 Å². The fourth-order valence-corrected chi connectivity index (χ4v) is 7.72. The summed E-state index contributed by atoms with van der Waals surface area (Å²) in [5.74, 6) is 2.73. The molecule has 1 N–H and O–H groups in total. The van der Waals surface area contributed by atoms with Crippen molar-refractivity contribution in [2.24, 2.45) is 0 Å². The van der Waals surface area contributed by atoms with Crippen molar-refractivity contribution in [3.8, 4) is 28.7 Å². The van der Waals surface area contributed by atoms with Gasteiger partial charge in [0.1, 0.15) is 28.7 Å². The van der Waals surface area contributed by atoms with Gasteiger partial charge in [0.2, 0.25) is 25.2 Å². The van der Waals surface area contributed by atoms with E-state index < -0.39 is 25.2 Å². The lowest BCUT2D eigenvalue weighted by molar-refractivity contribution is -0.228. The van der Waals surface area contributed by atoms with Gasteiger partial charge in [-0.25, -0.2) is 0 Å². The second-order valence-electron chi connectivity index (χ2n) is 10.9. The van der Waals surface area contributed by atoms with Crippen LogP contribution < -0.4 is 18.9 Å². The summed E-state index contributed by atoms with van der Waals surface area (Å²) in [4.78, 5) is 10.2. The molecular weight excluding hydrogens is 885 g/mol. The molecule has 0 amide bonds. The number of fused-ring (bicyclic) bond motifs is 12. The lowest BCUT2D eigenvalue weighted by Crippen LogP contribution is -2.30. The van der Waals surface area contributed by atoms with Gasteiger partial charge >= 0.3 is 0 Å². The summed E-state index contributed by atoms with van der Waals surface area (Å²) in [6.07, 6.45) is -1.58. The summed E-state index contributed by atoms with van der Waals surface area (Å²) in [6, 6.07) is 22.2. The zero-order valence-corrected chi connectivity index (χ0v) is 31.8. The SMILES string of the molecule is Clc1cc(Br)c2c(c1)C1Oc3c(Br)cc(Cl)cc3C(O2)O1.Clc1ccc2c(c1)C1Oc3ccc(Cl)cc3C(O2)O1.O=Cc1cc(Cl)ccc1O. The van der Waals surface area contributed by atoms with E-state index in [2.05, 4.69) is 31.9 Å². The topological polar surface area (TPSA) is 92.7 Å². The third-order valence-electron chi connectivity index (χ3n) is 7.56. The highest BCUT2D eigenvalue weighted by molar-refractivity contribution is 9.11. The van der Waals surface area contributed by atoms with Gasteiger partial charge in [-0.05, 0) is 111 Å². The number of phenols is 1. The molecule has 8 nitrogen and oxygen atoms in total. The molecule has 0 radical (unpaired) electrons. The first-order chi connectivity index (χ1) is 24.0. The Bertz CT molecular complexity index is 2030. The van der Waals surface area contributed by atoms with Crippen LogP contribution in [0.2, 0.25) is 25.1 Å². The molecule has 0 saturated heterocycles. The molecule has 4 aliphatic rings. The molecule has 4 aliphatic heterocycles. The maximum absolute atomic E-state index is 10.2. The first-order valence-corrected chi connectivity index (χ1v) is 17.9. The lowest BCUT2D eigenvalue weighted by Gasteiger charge is -2.38. The molecule has 0 aromatic heterocycles. The van der Waals surface area contributed by atoms with Crippen molar-refractivity contribution >= 4 is 96.2 Å². The molecule has 50 heavy (non-hydrogen) atoms. The van der Waals surface area contributed by atoms with E-state index in [4.69, 9.17) is 91.5 Å². The molecule has 0 spiro atoms. The smallest absolute Gasteiger partial charge is 0.234 e. The molecule has 9 rings (SSSR count). The highest BCUT2D eigenvalue weighted by atomic mass is 79.9. The fraction of sp³-hybridized carbons (Fsp3) is 0.114. The molecule has 0 aliphatic carbocycles. The Morgan fingerprint density at radius 3 is 1.36 bits per heavy atom. The van der Waals surface area contributed by atoms with Crippen LogP contribution in [0.25, 0.3) is 0 Å². The Morgan fingerprint density at radius 1 is 0.520 bits per heavy atom. The van der Waals surface area contributed by atoms with E-state index in [1.165, 1.54) is 18.2 Å². The first kappa shape index (κ1) is 35.5. The van der Waals surface area contributed by atoms with Gasteiger partial charge in [0.05, 0.1) is 36.8 Å².